The van der Waals surface area contributed by atoms with E-state index in [1.165, 1.54) is 6.26 Å². The molecule has 2 heterocycles. The Hall–Kier alpha value is -3.06. The van der Waals surface area contributed by atoms with E-state index in [2.05, 4.69) is 4.72 Å². The lowest BCUT2D eigenvalue weighted by Gasteiger charge is -2.17. The van der Waals surface area contributed by atoms with Crippen LogP contribution in [0.3, 0.4) is 0 Å². The Morgan fingerprint density at radius 1 is 1.03 bits per heavy atom. The van der Waals surface area contributed by atoms with Crippen LogP contribution in [0.5, 0.6) is 0 Å². The predicted octanol–water partition coefficient (Wildman–Crippen LogP) is 4.21. The Bertz CT molecular complexity index is 1200. The highest BCUT2D eigenvalue weighted by molar-refractivity contribution is 7.92. The Kier molecular flexibility index (Phi) is 4.70. The van der Waals surface area contributed by atoms with E-state index in [1.807, 2.05) is 26.0 Å². The van der Waals surface area contributed by atoms with Crippen molar-refractivity contribution in [3.63, 3.8) is 0 Å². The fourth-order valence-corrected chi connectivity index (χ4v) is 4.98. The molecule has 1 aliphatic heterocycles. The van der Waals surface area contributed by atoms with E-state index >= 15 is 0 Å². The maximum Gasteiger partial charge on any atom is 0.293 e. The van der Waals surface area contributed by atoms with Crippen LogP contribution in [-0.2, 0) is 16.4 Å². The van der Waals surface area contributed by atoms with Gasteiger partial charge in [-0.2, -0.15) is 0 Å². The lowest BCUT2D eigenvalue weighted by molar-refractivity contribution is 0.0963. The van der Waals surface area contributed by atoms with Crippen molar-refractivity contribution in [2.75, 3.05) is 16.2 Å². The summed E-state index contributed by atoms with van der Waals surface area (Å²) in [6.07, 6.45) is 2.17. The van der Waals surface area contributed by atoms with Crippen molar-refractivity contribution in [1.82, 2.24) is 0 Å². The van der Waals surface area contributed by atoms with Gasteiger partial charge in [0.25, 0.3) is 15.9 Å². The third kappa shape index (κ3) is 3.53. The number of furan rings is 1. The summed E-state index contributed by atoms with van der Waals surface area (Å²) in [6, 6.07) is 12.1. The van der Waals surface area contributed by atoms with E-state index in [-0.39, 0.29) is 16.6 Å². The number of amides is 1. The van der Waals surface area contributed by atoms with Gasteiger partial charge in [-0.15, -0.1) is 0 Å². The van der Waals surface area contributed by atoms with Crippen LogP contribution in [0.2, 0.25) is 0 Å². The van der Waals surface area contributed by atoms with Crippen LogP contribution in [0.25, 0.3) is 0 Å². The van der Waals surface area contributed by atoms with Crippen LogP contribution in [0, 0.1) is 20.8 Å². The Morgan fingerprint density at radius 3 is 2.52 bits per heavy atom. The molecule has 0 atom stereocenters. The molecular formula is C22H22N2O4S. The van der Waals surface area contributed by atoms with Gasteiger partial charge in [0.2, 0.25) is 0 Å². The molecule has 0 aliphatic carbocycles. The summed E-state index contributed by atoms with van der Waals surface area (Å²) in [7, 11) is -3.75. The second-order valence-electron chi connectivity index (χ2n) is 7.34. The largest absolute Gasteiger partial charge is 0.459 e. The molecule has 0 spiro atoms. The lowest BCUT2D eigenvalue weighted by Crippen LogP contribution is -2.28. The van der Waals surface area contributed by atoms with Crippen LogP contribution in [0.4, 0.5) is 11.4 Å². The first kappa shape index (κ1) is 19.3. The highest BCUT2D eigenvalue weighted by Crippen LogP contribution is 2.33. The van der Waals surface area contributed by atoms with E-state index in [0.717, 1.165) is 16.7 Å². The minimum absolute atomic E-state index is 0.237. The first-order valence-electron chi connectivity index (χ1n) is 9.35. The van der Waals surface area contributed by atoms with Crippen molar-refractivity contribution in [1.29, 1.82) is 0 Å². The number of nitrogens with one attached hydrogen (secondary N) is 1. The molecule has 1 aliphatic rings. The zero-order valence-electron chi connectivity index (χ0n) is 16.5. The summed E-state index contributed by atoms with van der Waals surface area (Å²) in [6.45, 7) is 6.16. The minimum atomic E-state index is -3.75. The van der Waals surface area contributed by atoms with Gasteiger partial charge in [-0.05, 0) is 79.8 Å². The maximum atomic E-state index is 13.0. The Labute approximate surface area is 170 Å². The van der Waals surface area contributed by atoms with Crippen LogP contribution in [-0.4, -0.2) is 20.9 Å². The number of sulfonamides is 1. The summed E-state index contributed by atoms with van der Waals surface area (Å²) >= 11 is 0. The van der Waals surface area contributed by atoms with E-state index < -0.39 is 10.0 Å². The quantitative estimate of drug-likeness (QED) is 0.699. The van der Waals surface area contributed by atoms with Crippen molar-refractivity contribution in [3.05, 3.63) is 76.7 Å². The van der Waals surface area contributed by atoms with Gasteiger partial charge in [-0.3, -0.25) is 9.52 Å². The summed E-state index contributed by atoms with van der Waals surface area (Å²) in [5, 5.41) is 0. The Morgan fingerprint density at radius 2 is 1.79 bits per heavy atom. The SMILES string of the molecule is Cc1cc(C)c(S(=O)(=O)Nc2ccc3c(c2)N(C(=O)c2ccco2)CC3)cc1C. The highest BCUT2D eigenvalue weighted by atomic mass is 32.2. The number of hydrogen-bond acceptors (Lipinski definition) is 4. The van der Waals surface area contributed by atoms with E-state index in [9.17, 15) is 13.2 Å². The molecule has 7 heteroatoms. The molecule has 1 N–H and O–H groups in total. The zero-order valence-corrected chi connectivity index (χ0v) is 17.3. The summed E-state index contributed by atoms with van der Waals surface area (Å²) in [5.41, 5.74) is 4.77. The van der Waals surface area contributed by atoms with Gasteiger partial charge in [0, 0.05) is 12.2 Å². The monoisotopic (exact) mass is 410 g/mol. The van der Waals surface area contributed by atoms with Crippen LogP contribution in [0.15, 0.2) is 58.0 Å². The molecule has 0 saturated heterocycles. The number of nitrogens with zero attached hydrogens (tertiary/aromatic N) is 1. The predicted molar refractivity (Wildman–Crippen MR) is 112 cm³/mol. The van der Waals surface area contributed by atoms with Crippen molar-refractivity contribution >= 4 is 27.3 Å². The average Bonchev–Trinajstić information content (AvgIpc) is 3.33. The van der Waals surface area contributed by atoms with Crippen LogP contribution >= 0.6 is 0 Å². The molecule has 4 rings (SSSR count). The number of hydrogen-bond donors (Lipinski definition) is 1. The first-order valence-corrected chi connectivity index (χ1v) is 10.8. The van der Waals surface area contributed by atoms with Gasteiger partial charge < -0.3 is 9.32 Å². The molecule has 0 radical (unpaired) electrons. The molecule has 0 fully saturated rings. The van der Waals surface area contributed by atoms with Crippen molar-refractivity contribution in [3.8, 4) is 0 Å². The van der Waals surface area contributed by atoms with Gasteiger partial charge in [-0.1, -0.05) is 12.1 Å². The van der Waals surface area contributed by atoms with Gasteiger partial charge in [-0.25, -0.2) is 8.42 Å². The van der Waals surface area contributed by atoms with Crippen molar-refractivity contribution < 1.29 is 17.6 Å². The fraction of sp³-hybridized carbons (Fsp3) is 0.227. The third-order valence-corrected chi connectivity index (χ3v) is 6.81. The molecule has 3 aromatic rings. The molecule has 6 nitrogen and oxygen atoms in total. The smallest absolute Gasteiger partial charge is 0.293 e. The minimum Gasteiger partial charge on any atom is -0.459 e. The molecule has 2 aromatic carbocycles. The zero-order chi connectivity index (χ0) is 20.8. The molecule has 0 bridgehead atoms. The number of fused-ring (bicyclic) bond motifs is 1. The van der Waals surface area contributed by atoms with Crippen molar-refractivity contribution in [2.24, 2.45) is 0 Å². The van der Waals surface area contributed by atoms with Crippen molar-refractivity contribution in [2.45, 2.75) is 32.1 Å². The number of anilines is 2. The normalized spacial score (nSPS) is 13.4. The first-order chi connectivity index (χ1) is 13.8. The second-order valence-corrected chi connectivity index (χ2v) is 8.99. The molecule has 29 heavy (non-hydrogen) atoms. The molecule has 150 valence electrons. The fourth-order valence-electron chi connectivity index (χ4n) is 3.62. The summed E-state index contributed by atoms with van der Waals surface area (Å²) in [5.74, 6) is 0.0216. The maximum absolute atomic E-state index is 13.0. The molecule has 1 aromatic heterocycles. The molecule has 1 amide bonds. The number of carbonyl (C=O) groups excluding carboxylic acids is 1. The summed E-state index contributed by atoms with van der Waals surface area (Å²) in [4.78, 5) is 14.6. The molecular weight excluding hydrogens is 388 g/mol. The number of benzene rings is 2. The number of rotatable bonds is 4. The molecule has 0 saturated carbocycles. The average molecular weight is 410 g/mol. The standard InChI is InChI=1S/C22H22N2O4S/c1-14-11-16(3)21(12-15(14)2)29(26,27)23-18-7-6-17-8-9-24(19(17)13-18)22(25)20-5-4-10-28-20/h4-7,10-13,23H,8-9H2,1-3H3. The summed E-state index contributed by atoms with van der Waals surface area (Å²) < 4.78 is 33.8. The second kappa shape index (κ2) is 7.08. The topological polar surface area (TPSA) is 79.6 Å². The third-order valence-electron chi connectivity index (χ3n) is 5.29. The van der Waals surface area contributed by atoms with Gasteiger partial charge >= 0.3 is 0 Å². The number of aryl methyl sites for hydroxylation is 3. The van der Waals surface area contributed by atoms with Gasteiger partial charge in [0.1, 0.15) is 0 Å². The molecule has 0 unspecified atom stereocenters. The van der Waals surface area contributed by atoms with E-state index in [1.54, 1.807) is 42.2 Å². The Balaban J connectivity index is 1.65. The van der Waals surface area contributed by atoms with Gasteiger partial charge in [0.15, 0.2) is 5.76 Å². The van der Waals surface area contributed by atoms with Gasteiger partial charge in [0.05, 0.1) is 16.8 Å². The number of carbonyl (C=O) groups is 1. The van der Waals surface area contributed by atoms with Crippen LogP contribution < -0.4 is 9.62 Å². The van der Waals surface area contributed by atoms with Crippen LogP contribution in [0.1, 0.15) is 32.8 Å². The highest BCUT2D eigenvalue weighted by Gasteiger charge is 2.28. The van der Waals surface area contributed by atoms with E-state index in [0.29, 0.717) is 29.9 Å². The van der Waals surface area contributed by atoms with E-state index in [4.69, 9.17) is 4.42 Å². The lowest BCUT2D eigenvalue weighted by atomic mass is 10.1.